The maximum Gasteiger partial charge on any atom is 0.254 e. The van der Waals surface area contributed by atoms with Gasteiger partial charge in [-0.15, -0.1) is 0 Å². The zero-order valence-corrected chi connectivity index (χ0v) is 11.3. The second-order valence-electron chi connectivity index (χ2n) is 3.79. The number of hydrogen-bond acceptors (Lipinski definition) is 2. The molecular weight excluding hydrogens is 268 g/mol. The quantitative estimate of drug-likeness (QED) is 0.865. The van der Waals surface area contributed by atoms with Gasteiger partial charge in [0.2, 0.25) is 0 Å². The van der Waals surface area contributed by atoms with Crippen molar-refractivity contribution in [2.45, 2.75) is 19.8 Å². The van der Waals surface area contributed by atoms with Gasteiger partial charge in [0, 0.05) is 19.3 Å². The smallest absolute Gasteiger partial charge is 0.254 e. The van der Waals surface area contributed by atoms with Crippen LogP contribution in [0.4, 0.5) is 5.69 Å². The van der Waals surface area contributed by atoms with E-state index in [0.29, 0.717) is 15.7 Å². The van der Waals surface area contributed by atoms with E-state index in [4.69, 9.17) is 5.73 Å². The predicted molar refractivity (Wildman–Crippen MR) is 70.4 cm³/mol. The Bertz CT molecular complexity index is 379. The van der Waals surface area contributed by atoms with E-state index in [1.54, 1.807) is 23.1 Å². The molecule has 3 nitrogen and oxygen atoms in total. The van der Waals surface area contributed by atoms with Crippen LogP contribution in [-0.4, -0.2) is 24.4 Å². The van der Waals surface area contributed by atoms with Gasteiger partial charge in [-0.3, -0.25) is 4.79 Å². The fourth-order valence-electron chi connectivity index (χ4n) is 1.42. The Morgan fingerprint density at radius 1 is 1.50 bits per heavy atom. The molecule has 1 rings (SSSR count). The highest BCUT2D eigenvalue weighted by molar-refractivity contribution is 9.10. The van der Waals surface area contributed by atoms with Crippen LogP contribution < -0.4 is 5.73 Å². The van der Waals surface area contributed by atoms with E-state index in [9.17, 15) is 4.79 Å². The van der Waals surface area contributed by atoms with Crippen LogP contribution >= 0.6 is 15.9 Å². The van der Waals surface area contributed by atoms with E-state index in [1.807, 2.05) is 7.05 Å². The molecule has 0 aliphatic heterocycles. The van der Waals surface area contributed by atoms with Crippen LogP contribution in [0.2, 0.25) is 0 Å². The van der Waals surface area contributed by atoms with Crippen molar-refractivity contribution in [1.82, 2.24) is 4.90 Å². The molecule has 2 N–H and O–H groups in total. The first-order valence-corrected chi connectivity index (χ1v) is 6.16. The number of hydrogen-bond donors (Lipinski definition) is 1. The molecule has 0 radical (unpaired) electrons. The van der Waals surface area contributed by atoms with Crippen molar-refractivity contribution < 1.29 is 4.79 Å². The molecule has 0 saturated carbocycles. The van der Waals surface area contributed by atoms with Crippen molar-refractivity contribution in [3.05, 3.63) is 28.2 Å². The molecule has 0 heterocycles. The molecular formula is C12H17BrN2O. The minimum atomic E-state index is 0.00706. The molecule has 0 aliphatic carbocycles. The van der Waals surface area contributed by atoms with Crippen LogP contribution in [0.5, 0.6) is 0 Å². The number of halogens is 1. The first-order chi connectivity index (χ1) is 7.57. The van der Waals surface area contributed by atoms with Crippen molar-refractivity contribution in [3.8, 4) is 0 Å². The number of carbonyl (C=O) groups is 1. The Morgan fingerprint density at radius 3 is 2.81 bits per heavy atom. The lowest BCUT2D eigenvalue weighted by atomic mass is 10.1. The van der Waals surface area contributed by atoms with Crippen molar-refractivity contribution in [3.63, 3.8) is 0 Å². The molecule has 0 aromatic heterocycles. The molecule has 1 amide bonds. The number of amides is 1. The third-order valence-corrected chi connectivity index (χ3v) is 3.34. The number of unbranched alkanes of at least 4 members (excludes halogenated alkanes) is 1. The van der Waals surface area contributed by atoms with Crippen LogP contribution in [0.1, 0.15) is 30.1 Å². The number of rotatable bonds is 4. The molecule has 0 atom stereocenters. The lowest BCUT2D eigenvalue weighted by Gasteiger charge is -2.17. The minimum Gasteiger partial charge on any atom is -0.398 e. The van der Waals surface area contributed by atoms with Crippen molar-refractivity contribution in [2.75, 3.05) is 19.3 Å². The first-order valence-electron chi connectivity index (χ1n) is 5.37. The van der Waals surface area contributed by atoms with Crippen LogP contribution in [-0.2, 0) is 0 Å². The summed E-state index contributed by atoms with van der Waals surface area (Å²) in [6.07, 6.45) is 2.10. The van der Waals surface area contributed by atoms with Crippen molar-refractivity contribution in [1.29, 1.82) is 0 Å². The summed E-state index contributed by atoms with van der Waals surface area (Å²) >= 11 is 3.34. The average Bonchev–Trinajstić information content (AvgIpc) is 2.28. The number of anilines is 1. The first kappa shape index (κ1) is 13.0. The molecule has 88 valence electrons. The zero-order chi connectivity index (χ0) is 12.1. The lowest BCUT2D eigenvalue weighted by molar-refractivity contribution is 0.0792. The lowest BCUT2D eigenvalue weighted by Crippen LogP contribution is -2.28. The number of carbonyl (C=O) groups excluding carboxylic acids is 1. The summed E-state index contributed by atoms with van der Waals surface area (Å²) in [5.74, 6) is 0.00706. The van der Waals surface area contributed by atoms with Crippen LogP contribution in [0.25, 0.3) is 0 Å². The number of nitrogens with two attached hydrogens (primary N) is 1. The monoisotopic (exact) mass is 284 g/mol. The molecule has 0 unspecified atom stereocenters. The summed E-state index contributed by atoms with van der Waals surface area (Å²) in [4.78, 5) is 13.8. The summed E-state index contributed by atoms with van der Waals surface area (Å²) in [6, 6.07) is 5.35. The molecule has 0 bridgehead atoms. The van der Waals surface area contributed by atoms with Gasteiger partial charge in [-0.05, 0) is 34.5 Å². The topological polar surface area (TPSA) is 46.3 Å². The zero-order valence-electron chi connectivity index (χ0n) is 9.66. The van der Waals surface area contributed by atoms with Crippen molar-refractivity contribution >= 4 is 27.5 Å². The van der Waals surface area contributed by atoms with Crippen LogP contribution in [0.15, 0.2) is 22.7 Å². The van der Waals surface area contributed by atoms with E-state index in [2.05, 4.69) is 22.9 Å². The van der Waals surface area contributed by atoms with Gasteiger partial charge in [0.15, 0.2) is 0 Å². The molecule has 0 saturated heterocycles. The molecule has 0 spiro atoms. The number of nitrogens with zero attached hydrogens (tertiary/aromatic N) is 1. The van der Waals surface area contributed by atoms with Crippen molar-refractivity contribution in [2.24, 2.45) is 0 Å². The standard InChI is InChI=1S/C12H17BrN2O/c1-3-4-8-15(2)12(16)9-6-5-7-10(14)11(9)13/h5-7H,3-4,8,14H2,1-2H3. The number of benzene rings is 1. The highest BCUT2D eigenvalue weighted by Crippen LogP contribution is 2.24. The Hall–Kier alpha value is -1.03. The third-order valence-electron chi connectivity index (χ3n) is 2.45. The maximum atomic E-state index is 12.1. The maximum absolute atomic E-state index is 12.1. The number of nitrogen functional groups attached to an aromatic ring is 1. The van der Waals surface area contributed by atoms with Crippen LogP contribution in [0, 0.1) is 0 Å². The van der Waals surface area contributed by atoms with E-state index < -0.39 is 0 Å². The van der Waals surface area contributed by atoms with Gasteiger partial charge in [0.05, 0.1) is 10.0 Å². The SMILES string of the molecule is CCCCN(C)C(=O)c1cccc(N)c1Br. The second kappa shape index (κ2) is 5.89. The van der Waals surface area contributed by atoms with Gasteiger partial charge in [-0.2, -0.15) is 0 Å². The fourth-order valence-corrected chi connectivity index (χ4v) is 1.85. The molecule has 4 heteroatoms. The Morgan fingerprint density at radius 2 is 2.19 bits per heavy atom. The largest absolute Gasteiger partial charge is 0.398 e. The minimum absolute atomic E-state index is 0.00706. The van der Waals surface area contributed by atoms with E-state index in [1.165, 1.54) is 0 Å². The average molecular weight is 285 g/mol. The highest BCUT2D eigenvalue weighted by Gasteiger charge is 2.15. The van der Waals surface area contributed by atoms with Gasteiger partial charge in [-0.25, -0.2) is 0 Å². The van der Waals surface area contributed by atoms with E-state index >= 15 is 0 Å². The molecule has 1 aromatic rings. The van der Waals surface area contributed by atoms with E-state index in [0.717, 1.165) is 19.4 Å². The predicted octanol–water partition coefficient (Wildman–Crippen LogP) is 2.90. The van der Waals surface area contributed by atoms with Gasteiger partial charge < -0.3 is 10.6 Å². The summed E-state index contributed by atoms with van der Waals surface area (Å²) < 4.78 is 0.684. The Balaban J connectivity index is 2.84. The normalized spacial score (nSPS) is 10.2. The summed E-state index contributed by atoms with van der Waals surface area (Å²) in [7, 11) is 1.81. The fraction of sp³-hybridized carbons (Fsp3) is 0.417. The van der Waals surface area contributed by atoms with Gasteiger partial charge in [0.1, 0.15) is 0 Å². The molecule has 1 aromatic carbocycles. The van der Waals surface area contributed by atoms with Crippen LogP contribution in [0.3, 0.4) is 0 Å². The van der Waals surface area contributed by atoms with Gasteiger partial charge >= 0.3 is 0 Å². The molecule has 16 heavy (non-hydrogen) atoms. The summed E-state index contributed by atoms with van der Waals surface area (Å²) in [5, 5.41) is 0. The van der Waals surface area contributed by atoms with E-state index in [-0.39, 0.29) is 5.91 Å². The molecule has 0 aliphatic rings. The van der Waals surface area contributed by atoms with Gasteiger partial charge in [-0.1, -0.05) is 19.4 Å². The second-order valence-corrected chi connectivity index (χ2v) is 4.58. The molecule has 0 fully saturated rings. The highest BCUT2D eigenvalue weighted by atomic mass is 79.9. The Labute approximate surface area is 105 Å². The Kier molecular flexibility index (Phi) is 4.80. The van der Waals surface area contributed by atoms with Gasteiger partial charge in [0.25, 0.3) is 5.91 Å². The summed E-state index contributed by atoms with van der Waals surface area (Å²) in [6.45, 7) is 2.88. The summed E-state index contributed by atoms with van der Waals surface area (Å²) in [5.41, 5.74) is 6.96. The third kappa shape index (κ3) is 2.98.